The van der Waals surface area contributed by atoms with E-state index < -0.39 is 0 Å². The van der Waals surface area contributed by atoms with Gasteiger partial charge in [-0.25, -0.2) is 0 Å². The van der Waals surface area contributed by atoms with Crippen LogP contribution in [-0.2, 0) is 14.3 Å². The molecule has 0 unspecified atom stereocenters. The van der Waals surface area contributed by atoms with E-state index in [-0.39, 0.29) is 46.5 Å². The molecule has 2 aliphatic carbocycles. The van der Waals surface area contributed by atoms with Crippen LogP contribution in [0.3, 0.4) is 0 Å². The molecule has 6 atom stereocenters. The highest BCUT2D eigenvalue weighted by Crippen LogP contribution is 2.60. The van der Waals surface area contributed by atoms with Crippen molar-refractivity contribution in [3.63, 3.8) is 0 Å². The van der Waals surface area contributed by atoms with Crippen molar-refractivity contribution in [2.24, 2.45) is 23.7 Å². The van der Waals surface area contributed by atoms with E-state index >= 15 is 0 Å². The van der Waals surface area contributed by atoms with Crippen molar-refractivity contribution in [3.8, 4) is 0 Å². The summed E-state index contributed by atoms with van der Waals surface area (Å²) in [7, 11) is 0. The molecule has 6 heteroatoms. The molecule has 2 bridgehead atoms. The van der Waals surface area contributed by atoms with Gasteiger partial charge >= 0.3 is 5.97 Å². The number of carbonyl (C=O) groups excluding carboxylic acids is 2. The number of alkyl halides is 1. The average molecular weight is 385 g/mol. The number of esters is 1. The van der Waals surface area contributed by atoms with Gasteiger partial charge in [-0.3, -0.25) is 9.59 Å². The lowest BCUT2D eigenvalue weighted by molar-refractivity contribution is -0.145. The van der Waals surface area contributed by atoms with E-state index in [2.05, 4.69) is 21.2 Å². The van der Waals surface area contributed by atoms with Crippen LogP contribution in [0.4, 0.5) is 5.69 Å². The summed E-state index contributed by atoms with van der Waals surface area (Å²) in [5, 5.41) is 3.53. The first-order valence-corrected chi connectivity index (χ1v) is 8.68. The molecule has 1 N–H and O–H groups in total. The molecule has 1 saturated heterocycles. The van der Waals surface area contributed by atoms with E-state index in [1.807, 2.05) is 13.0 Å². The van der Waals surface area contributed by atoms with Crippen LogP contribution >= 0.6 is 27.5 Å². The van der Waals surface area contributed by atoms with Crippen molar-refractivity contribution in [2.45, 2.75) is 24.3 Å². The van der Waals surface area contributed by atoms with Gasteiger partial charge in [0.15, 0.2) is 0 Å². The van der Waals surface area contributed by atoms with Crippen LogP contribution in [0.1, 0.15) is 12.0 Å². The summed E-state index contributed by atoms with van der Waals surface area (Å²) in [6.45, 7) is 1.92. The first-order chi connectivity index (χ1) is 10.5. The standard InChI is InChI=1S/C16H15BrClNO3/c1-6-2-3-7(18)4-10(6)19-15(20)11-8-5-9-12(11)16(21)22-14(9)13(8)17/h2-4,8-9,11-14H,5H2,1H3,(H,19,20)/t8-,9+,11-,12-,13+,14-/m0/s1. The zero-order valence-electron chi connectivity index (χ0n) is 11.9. The minimum atomic E-state index is -0.320. The van der Waals surface area contributed by atoms with Gasteiger partial charge in [0.05, 0.1) is 16.7 Å². The van der Waals surface area contributed by atoms with E-state index in [0.717, 1.165) is 12.0 Å². The molecule has 3 aliphatic rings. The quantitative estimate of drug-likeness (QED) is 0.629. The lowest BCUT2D eigenvalue weighted by atomic mass is 9.79. The van der Waals surface area contributed by atoms with Gasteiger partial charge in [-0.1, -0.05) is 33.6 Å². The van der Waals surface area contributed by atoms with Gasteiger partial charge in [0, 0.05) is 16.6 Å². The fourth-order valence-corrected chi connectivity index (χ4v) is 5.49. The molecule has 0 radical (unpaired) electrons. The van der Waals surface area contributed by atoms with E-state index in [0.29, 0.717) is 10.7 Å². The van der Waals surface area contributed by atoms with Crippen molar-refractivity contribution in [1.82, 2.24) is 0 Å². The summed E-state index contributed by atoms with van der Waals surface area (Å²) < 4.78 is 5.44. The fourth-order valence-electron chi connectivity index (χ4n) is 4.28. The highest BCUT2D eigenvalue weighted by atomic mass is 79.9. The zero-order chi connectivity index (χ0) is 15.6. The number of rotatable bonds is 2. The molecule has 3 fully saturated rings. The molecule has 22 heavy (non-hydrogen) atoms. The van der Waals surface area contributed by atoms with E-state index in [4.69, 9.17) is 16.3 Å². The van der Waals surface area contributed by atoms with Crippen LogP contribution in [-0.4, -0.2) is 22.8 Å². The minimum absolute atomic E-state index is 0.0561. The lowest BCUT2D eigenvalue weighted by Crippen LogP contribution is -2.40. The second kappa shape index (κ2) is 4.96. The van der Waals surface area contributed by atoms with E-state index in [9.17, 15) is 9.59 Å². The largest absolute Gasteiger partial charge is 0.461 e. The van der Waals surface area contributed by atoms with Gasteiger partial charge in [-0.2, -0.15) is 0 Å². The number of benzene rings is 1. The third kappa shape index (κ3) is 1.95. The molecule has 0 aromatic heterocycles. The van der Waals surface area contributed by atoms with Gasteiger partial charge in [-0.15, -0.1) is 0 Å². The van der Waals surface area contributed by atoms with Gasteiger partial charge in [-0.05, 0) is 37.0 Å². The third-order valence-electron chi connectivity index (χ3n) is 5.28. The first-order valence-electron chi connectivity index (χ1n) is 7.39. The van der Waals surface area contributed by atoms with Crippen molar-refractivity contribution >= 4 is 45.1 Å². The summed E-state index contributed by atoms with van der Waals surface area (Å²) in [5.41, 5.74) is 1.65. The monoisotopic (exact) mass is 383 g/mol. The summed E-state index contributed by atoms with van der Waals surface area (Å²) in [6, 6.07) is 5.40. The number of aryl methyl sites for hydroxylation is 1. The zero-order valence-corrected chi connectivity index (χ0v) is 14.2. The molecule has 116 valence electrons. The Bertz CT molecular complexity index is 679. The average Bonchev–Trinajstić information content (AvgIpc) is 3.07. The molecule has 4 nitrogen and oxygen atoms in total. The van der Waals surface area contributed by atoms with Crippen LogP contribution in [0.25, 0.3) is 0 Å². The number of anilines is 1. The van der Waals surface area contributed by atoms with Crippen molar-refractivity contribution in [1.29, 1.82) is 0 Å². The SMILES string of the molecule is Cc1ccc(Cl)cc1NC(=O)[C@H]1[C@@H]2C[C@H]3[C@H](OC(=O)[C@@H]31)[C@@H]2Br. The summed E-state index contributed by atoms with van der Waals surface area (Å²) in [5.74, 6) is -0.599. The van der Waals surface area contributed by atoms with Crippen LogP contribution < -0.4 is 5.32 Å². The number of halogens is 2. The maximum absolute atomic E-state index is 12.8. The third-order valence-corrected chi connectivity index (χ3v) is 6.72. The van der Waals surface area contributed by atoms with E-state index in [1.165, 1.54) is 0 Å². The van der Waals surface area contributed by atoms with Crippen LogP contribution in [0.5, 0.6) is 0 Å². The minimum Gasteiger partial charge on any atom is -0.461 e. The van der Waals surface area contributed by atoms with Crippen molar-refractivity contribution < 1.29 is 14.3 Å². The molecular formula is C16H15BrClNO3. The molecule has 1 heterocycles. The normalized spacial score (nSPS) is 38.2. The highest BCUT2D eigenvalue weighted by Gasteiger charge is 2.67. The summed E-state index contributed by atoms with van der Waals surface area (Å²) in [6.07, 6.45) is 0.823. The Morgan fingerprint density at radius 2 is 2.18 bits per heavy atom. The number of hydrogen-bond donors (Lipinski definition) is 1. The maximum atomic E-state index is 12.8. The Hall–Kier alpha value is -1.07. The van der Waals surface area contributed by atoms with Gasteiger partial charge in [0.25, 0.3) is 0 Å². The van der Waals surface area contributed by atoms with Crippen molar-refractivity contribution in [2.75, 3.05) is 5.32 Å². The van der Waals surface area contributed by atoms with E-state index in [1.54, 1.807) is 12.1 Å². The predicted octanol–water partition coefficient (Wildman–Crippen LogP) is 3.16. The Balaban J connectivity index is 1.61. The first kappa shape index (κ1) is 14.5. The predicted molar refractivity (Wildman–Crippen MR) is 86.0 cm³/mol. The Morgan fingerprint density at radius 1 is 1.41 bits per heavy atom. The second-order valence-electron chi connectivity index (χ2n) is 6.41. The lowest BCUT2D eigenvalue weighted by Gasteiger charge is -2.27. The number of nitrogens with one attached hydrogen (secondary N) is 1. The summed E-state index contributed by atoms with van der Waals surface area (Å²) >= 11 is 9.62. The topological polar surface area (TPSA) is 55.4 Å². The molecule has 4 rings (SSSR count). The van der Waals surface area contributed by atoms with Crippen LogP contribution in [0.2, 0.25) is 5.02 Å². The number of carbonyl (C=O) groups is 2. The number of fused-ring (bicyclic) bond motifs is 1. The Morgan fingerprint density at radius 3 is 2.95 bits per heavy atom. The van der Waals surface area contributed by atoms with Crippen molar-refractivity contribution in [3.05, 3.63) is 28.8 Å². The number of hydrogen-bond acceptors (Lipinski definition) is 3. The van der Waals surface area contributed by atoms with Crippen LogP contribution in [0, 0.1) is 30.6 Å². The maximum Gasteiger partial charge on any atom is 0.310 e. The number of ether oxygens (including phenoxy) is 1. The highest BCUT2D eigenvalue weighted by molar-refractivity contribution is 9.09. The second-order valence-corrected chi connectivity index (χ2v) is 7.90. The molecule has 1 aromatic carbocycles. The number of amides is 1. The fraction of sp³-hybridized carbons (Fsp3) is 0.500. The molecule has 1 aromatic rings. The molecule has 0 spiro atoms. The van der Waals surface area contributed by atoms with Gasteiger partial charge in [0.2, 0.25) is 5.91 Å². The van der Waals surface area contributed by atoms with Gasteiger partial charge < -0.3 is 10.1 Å². The molecule has 1 amide bonds. The van der Waals surface area contributed by atoms with Gasteiger partial charge in [0.1, 0.15) is 6.10 Å². The molecular weight excluding hydrogens is 370 g/mol. The Kier molecular flexibility index (Phi) is 3.28. The molecule has 2 saturated carbocycles. The smallest absolute Gasteiger partial charge is 0.310 e. The van der Waals surface area contributed by atoms with Crippen LogP contribution in [0.15, 0.2) is 18.2 Å². The Labute approximate surface area is 141 Å². The molecule has 1 aliphatic heterocycles. The summed E-state index contributed by atoms with van der Waals surface area (Å²) in [4.78, 5) is 24.9.